The number of anilines is 1. The van der Waals surface area contributed by atoms with Gasteiger partial charge in [-0.05, 0) is 37.9 Å². The highest BCUT2D eigenvalue weighted by atomic mass is 35.5. The van der Waals surface area contributed by atoms with Gasteiger partial charge in [-0.15, -0.1) is 0 Å². The van der Waals surface area contributed by atoms with Gasteiger partial charge in [-0.2, -0.15) is 0 Å². The molecular formula is C22H26ClN3O3. The first-order valence-corrected chi connectivity index (χ1v) is 10.0. The van der Waals surface area contributed by atoms with Crippen molar-refractivity contribution < 1.29 is 14.3 Å². The number of fused-ring (bicyclic) bond motifs is 1. The van der Waals surface area contributed by atoms with Crippen LogP contribution in [0.5, 0.6) is 5.75 Å². The van der Waals surface area contributed by atoms with Crippen LogP contribution in [0.15, 0.2) is 48.5 Å². The molecule has 7 heteroatoms. The Morgan fingerprint density at radius 2 is 1.86 bits per heavy atom. The first-order valence-electron chi connectivity index (χ1n) is 9.67. The van der Waals surface area contributed by atoms with E-state index in [0.717, 1.165) is 11.3 Å². The lowest BCUT2D eigenvalue weighted by Gasteiger charge is -2.29. The number of nitrogens with zero attached hydrogens (tertiary/aromatic N) is 2. The number of rotatable bonds is 7. The zero-order valence-corrected chi connectivity index (χ0v) is 17.5. The van der Waals surface area contributed by atoms with Gasteiger partial charge in [0.1, 0.15) is 12.4 Å². The van der Waals surface area contributed by atoms with E-state index in [-0.39, 0.29) is 30.7 Å². The highest BCUT2D eigenvalue weighted by Gasteiger charge is 2.24. The number of benzene rings is 2. The molecule has 1 heterocycles. The summed E-state index contributed by atoms with van der Waals surface area (Å²) in [5.41, 5.74) is 1.72. The van der Waals surface area contributed by atoms with Crippen molar-refractivity contribution in [3.8, 4) is 5.75 Å². The van der Waals surface area contributed by atoms with Gasteiger partial charge in [-0.3, -0.25) is 9.59 Å². The number of likely N-dealkylation sites (N-methyl/N-ethyl adjacent to an activating group) is 1. The van der Waals surface area contributed by atoms with Crippen LogP contribution in [0.3, 0.4) is 0 Å². The van der Waals surface area contributed by atoms with Crippen molar-refractivity contribution in [1.82, 2.24) is 10.2 Å². The van der Waals surface area contributed by atoms with Gasteiger partial charge in [0, 0.05) is 24.4 Å². The Hall–Kier alpha value is -2.57. The number of hydrogen-bond donors (Lipinski definition) is 1. The minimum absolute atomic E-state index is 0.0468. The minimum atomic E-state index is -0.154. The Kier molecular flexibility index (Phi) is 7.12. The fourth-order valence-electron chi connectivity index (χ4n) is 3.40. The van der Waals surface area contributed by atoms with Crippen molar-refractivity contribution in [2.24, 2.45) is 0 Å². The van der Waals surface area contributed by atoms with Crippen LogP contribution >= 0.6 is 11.6 Å². The van der Waals surface area contributed by atoms with Crippen LogP contribution in [0.25, 0.3) is 0 Å². The first-order chi connectivity index (χ1) is 14.0. The molecule has 0 saturated heterocycles. The van der Waals surface area contributed by atoms with Gasteiger partial charge < -0.3 is 19.9 Å². The maximum atomic E-state index is 12.6. The average molecular weight is 416 g/mol. The van der Waals surface area contributed by atoms with Crippen LogP contribution in [0.1, 0.15) is 24.4 Å². The van der Waals surface area contributed by atoms with E-state index in [9.17, 15) is 9.59 Å². The molecule has 0 saturated carbocycles. The molecule has 1 unspecified atom stereocenters. The van der Waals surface area contributed by atoms with Gasteiger partial charge in [0.15, 0.2) is 0 Å². The fourth-order valence-corrected chi connectivity index (χ4v) is 3.66. The van der Waals surface area contributed by atoms with E-state index in [4.69, 9.17) is 16.3 Å². The molecule has 2 aromatic rings. The van der Waals surface area contributed by atoms with Crippen LogP contribution in [-0.4, -0.2) is 50.5 Å². The quantitative estimate of drug-likeness (QED) is 0.754. The van der Waals surface area contributed by atoms with Gasteiger partial charge in [-0.25, -0.2) is 0 Å². The second-order valence-electron chi connectivity index (χ2n) is 7.17. The van der Waals surface area contributed by atoms with Gasteiger partial charge in [-0.1, -0.05) is 41.9 Å². The third-order valence-electron chi connectivity index (χ3n) is 4.98. The zero-order valence-electron chi connectivity index (χ0n) is 16.7. The lowest BCUT2D eigenvalue weighted by atomic mass is 10.1. The number of carbonyl (C=O) groups is 2. The number of carbonyl (C=O) groups excluding carboxylic acids is 2. The summed E-state index contributed by atoms with van der Waals surface area (Å²) in [7, 11) is 3.89. The number of halogens is 1. The molecule has 0 aliphatic carbocycles. The summed E-state index contributed by atoms with van der Waals surface area (Å²) in [5, 5.41) is 3.60. The molecule has 1 aliphatic heterocycles. The standard InChI is InChI=1S/C22H26ClN3O3/c1-25(2)19(16-7-3-4-8-17(16)23)15-24-21(27)11-12-22(28)26-13-14-29-20-10-6-5-9-18(20)26/h3-10,19H,11-15H2,1-2H3,(H,24,27). The molecule has 3 rings (SSSR count). The summed E-state index contributed by atoms with van der Waals surface area (Å²) in [6.07, 6.45) is 0.292. The number of amides is 2. The van der Waals surface area contributed by atoms with E-state index in [0.29, 0.717) is 30.5 Å². The van der Waals surface area contributed by atoms with E-state index < -0.39 is 0 Å². The Morgan fingerprint density at radius 1 is 1.14 bits per heavy atom. The first kappa shape index (κ1) is 21.1. The third kappa shape index (κ3) is 5.28. The predicted octanol–water partition coefficient (Wildman–Crippen LogP) is 3.26. The molecule has 154 valence electrons. The number of para-hydroxylation sites is 2. The van der Waals surface area contributed by atoms with Crippen molar-refractivity contribution in [3.63, 3.8) is 0 Å². The smallest absolute Gasteiger partial charge is 0.227 e. The third-order valence-corrected chi connectivity index (χ3v) is 5.32. The van der Waals surface area contributed by atoms with E-state index in [1.165, 1.54) is 0 Å². The highest BCUT2D eigenvalue weighted by molar-refractivity contribution is 6.31. The number of ether oxygens (including phenoxy) is 1. The lowest BCUT2D eigenvalue weighted by Crippen LogP contribution is -2.39. The molecular weight excluding hydrogens is 390 g/mol. The second-order valence-corrected chi connectivity index (χ2v) is 7.57. The molecule has 0 bridgehead atoms. The SMILES string of the molecule is CN(C)C(CNC(=O)CCC(=O)N1CCOc2ccccc21)c1ccccc1Cl. The van der Waals surface area contributed by atoms with Crippen molar-refractivity contribution in [2.45, 2.75) is 18.9 Å². The Bertz CT molecular complexity index is 872. The number of hydrogen-bond acceptors (Lipinski definition) is 4. The molecule has 29 heavy (non-hydrogen) atoms. The molecule has 2 amide bonds. The average Bonchev–Trinajstić information content (AvgIpc) is 2.72. The van der Waals surface area contributed by atoms with E-state index in [1.807, 2.05) is 67.5 Å². The van der Waals surface area contributed by atoms with E-state index in [1.54, 1.807) is 4.90 Å². The summed E-state index contributed by atoms with van der Waals surface area (Å²) in [5.74, 6) is 0.468. The molecule has 1 N–H and O–H groups in total. The monoisotopic (exact) mass is 415 g/mol. The number of nitrogens with one attached hydrogen (secondary N) is 1. The van der Waals surface area contributed by atoms with Crippen LogP contribution in [0.2, 0.25) is 5.02 Å². The van der Waals surface area contributed by atoms with Gasteiger partial charge in [0.2, 0.25) is 11.8 Å². The van der Waals surface area contributed by atoms with Gasteiger partial charge >= 0.3 is 0 Å². The van der Waals surface area contributed by atoms with Gasteiger partial charge in [0.05, 0.1) is 18.3 Å². The van der Waals surface area contributed by atoms with Crippen LogP contribution in [0.4, 0.5) is 5.69 Å². The van der Waals surface area contributed by atoms with Crippen LogP contribution < -0.4 is 15.0 Å². The van der Waals surface area contributed by atoms with Crippen LogP contribution in [-0.2, 0) is 9.59 Å². The van der Waals surface area contributed by atoms with Gasteiger partial charge in [0.25, 0.3) is 0 Å². The molecule has 1 aliphatic rings. The highest BCUT2D eigenvalue weighted by Crippen LogP contribution is 2.31. The summed E-state index contributed by atoms with van der Waals surface area (Å²) < 4.78 is 5.58. The van der Waals surface area contributed by atoms with Crippen molar-refractivity contribution in [1.29, 1.82) is 0 Å². The normalized spacial score (nSPS) is 14.1. The van der Waals surface area contributed by atoms with E-state index >= 15 is 0 Å². The lowest BCUT2D eigenvalue weighted by molar-refractivity contribution is -0.125. The molecule has 0 spiro atoms. The molecule has 0 radical (unpaired) electrons. The van der Waals surface area contributed by atoms with Crippen LogP contribution in [0, 0.1) is 0 Å². The van der Waals surface area contributed by atoms with Crippen molar-refractivity contribution in [2.75, 3.05) is 38.7 Å². The molecule has 0 fully saturated rings. The van der Waals surface area contributed by atoms with Crippen molar-refractivity contribution >= 4 is 29.1 Å². The summed E-state index contributed by atoms with van der Waals surface area (Å²) >= 11 is 6.31. The van der Waals surface area contributed by atoms with E-state index in [2.05, 4.69) is 5.32 Å². The molecule has 6 nitrogen and oxygen atoms in total. The Labute approximate surface area is 176 Å². The fraction of sp³-hybridized carbons (Fsp3) is 0.364. The zero-order chi connectivity index (χ0) is 20.8. The minimum Gasteiger partial charge on any atom is -0.490 e. The summed E-state index contributed by atoms with van der Waals surface area (Å²) in [4.78, 5) is 28.7. The molecule has 0 aromatic heterocycles. The maximum Gasteiger partial charge on any atom is 0.227 e. The summed E-state index contributed by atoms with van der Waals surface area (Å²) in [6, 6.07) is 15.0. The topological polar surface area (TPSA) is 61.9 Å². The molecule has 1 atom stereocenters. The maximum absolute atomic E-state index is 12.6. The Balaban J connectivity index is 1.53. The molecule has 2 aromatic carbocycles. The largest absolute Gasteiger partial charge is 0.490 e. The summed E-state index contributed by atoms with van der Waals surface area (Å²) in [6.45, 7) is 1.37. The van der Waals surface area contributed by atoms with Crippen molar-refractivity contribution in [3.05, 3.63) is 59.1 Å². The Morgan fingerprint density at radius 3 is 2.62 bits per heavy atom. The predicted molar refractivity (Wildman–Crippen MR) is 114 cm³/mol. The second kappa shape index (κ2) is 9.76.